The zero-order valence-corrected chi connectivity index (χ0v) is 12.6. The van der Waals surface area contributed by atoms with E-state index in [-0.39, 0.29) is 15.8 Å². The molecule has 0 N–H and O–H groups in total. The topological polar surface area (TPSA) is 50.3 Å². The number of sulfonamides is 1. The molecule has 0 radical (unpaired) electrons. The Balaban J connectivity index is 2.69. The van der Waals surface area contributed by atoms with Gasteiger partial charge in [0, 0.05) is 6.20 Å². The van der Waals surface area contributed by atoms with Gasteiger partial charge in [-0.25, -0.2) is 9.29 Å². The third-order valence-corrected chi connectivity index (χ3v) is 4.55. The fourth-order valence-corrected chi connectivity index (χ4v) is 2.73. The maximum absolute atomic E-state index is 13.0. The molecule has 0 aliphatic heterocycles. The number of benzene rings is 1. The number of pyridine rings is 1. The van der Waals surface area contributed by atoms with Crippen molar-refractivity contribution in [2.45, 2.75) is 19.4 Å². The number of alkyl halides is 3. The highest BCUT2D eigenvalue weighted by Crippen LogP contribution is 2.36. The minimum absolute atomic E-state index is 0.129. The predicted molar refractivity (Wildman–Crippen MR) is 77.3 cm³/mol. The zero-order chi connectivity index (χ0) is 16.5. The lowest BCUT2D eigenvalue weighted by molar-refractivity contribution is -0.0435. The van der Waals surface area contributed by atoms with Gasteiger partial charge >= 0.3 is 15.5 Å². The van der Waals surface area contributed by atoms with Crippen LogP contribution >= 0.6 is 0 Å². The Morgan fingerprint density at radius 1 is 1.05 bits per heavy atom. The van der Waals surface area contributed by atoms with Gasteiger partial charge in [0.15, 0.2) is 0 Å². The second-order valence-electron chi connectivity index (χ2n) is 4.68. The van der Waals surface area contributed by atoms with Crippen LogP contribution in [0.15, 0.2) is 42.6 Å². The van der Waals surface area contributed by atoms with E-state index in [4.69, 9.17) is 0 Å². The first-order chi connectivity index (χ1) is 10.1. The first-order valence-corrected chi connectivity index (χ1v) is 7.68. The van der Waals surface area contributed by atoms with Crippen LogP contribution in [0.3, 0.4) is 0 Å². The number of hydrogen-bond donors (Lipinski definition) is 0. The summed E-state index contributed by atoms with van der Waals surface area (Å²) in [6.07, 6.45) is 1.34. The lowest BCUT2D eigenvalue weighted by atomic mass is 10.2. The Labute approximate surface area is 126 Å². The summed E-state index contributed by atoms with van der Waals surface area (Å²) in [6.45, 7) is 3.40. The maximum atomic E-state index is 13.0. The third-order valence-electron chi connectivity index (χ3n) is 3.09. The molecule has 1 aromatic carbocycles. The van der Waals surface area contributed by atoms with Crippen molar-refractivity contribution >= 4 is 21.5 Å². The average molecular weight is 330 g/mol. The van der Waals surface area contributed by atoms with Crippen molar-refractivity contribution in [2.24, 2.45) is 0 Å². The van der Waals surface area contributed by atoms with Crippen molar-refractivity contribution in [2.75, 3.05) is 4.31 Å². The van der Waals surface area contributed by atoms with Crippen LogP contribution in [0.1, 0.15) is 11.1 Å². The maximum Gasteiger partial charge on any atom is 0.517 e. The molecule has 22 heavy (non-hydrogen) atoms. The molecular weight excluding hydrogens is 317 g/mol. The highest BCUT2D eigenvalue weighted by atomic mass is 32.2. The van der Waals surface area contributed by atoms with Crippen LogP contribution in [0.2, 0.25) is 0 Å². The zero-order valence-electron chi connectivity index (χ0n) is 11.8. The molecule has 1 heterocycles. The van der Waals surface area contributed by atoms with Crippen molar-refractivity contribution in [3.63, 3.8) is 0 Å². The van der Waals surface area contributed by atoms with Gasteiger partial charge in [-0.05, 0) is 43.2 Å². The lowest BCUT2D eigenvalue weighted by Crippen LogP contribution is -2.38. The fraction of sp³-hybridized carbons (Fsp3) is 0.214. The minimum Gasteiger partial charge on any atom is -0.238 e. The number of hydrogen-bond acceptors (Lipinski definition) is 3. The number of anilines is 2. The smallest absolute Gasteiger partial charge is 0.238 e. The quantitative estimate of drug-likeness (QED) is 0.862. The van der Waals surface area contributed by atoms with Crippen molar-refractivity contribution in [3.05, 3.63) is 53.7 Å². The van der Waals surface area contributed by atoms with E-state index in [0.717, 1.165) is 5.56 Å². The molecule has 2 rings (SSSR count). The summed E-state index contributed by atoms with van der Waals surface area (Å²) in [5.41, 5.74) is -4.16. The molecule has 1 aromatic heterocycles. The first-order valence-electron chi connectivity index (χ1n) is 6.24. The third kappa shape index (κ3) is 2.92. The molecule has 0 fully saturated rings. The monoisotopic (exact) mass is 330 g/mol. The average Bonchev–Trinajstić information content (AvgIpc) is 2.43. The summed E-state index contributed by atoms with van der Waals surface area (Å²) in [4.78, 5) is 3.84. The molecular formula is C14H13F3N2O2S. The van der Waals surface area contributed by atoms with E-state index in [9.17, 15) is 21.6 Å². The summed E-state index contributed by atoms with van der Waals surface area (Å²) in [6, 6.07) is 8.35. The number of aromatic nitrogens is 1. The van der Waals surface area contributed by atoms with Gasteiger partial charge in [0.05, 0.1) is 5.69 Å². The fourth-order valence-electron chi connectivity index (χ4n) is 1.78. The Bertz CT molecular complexity index is 774. The number of nitrogens with zero attached hydrogens (tertiary/aromatic N) is 2. The van der Waals surface area contributed by atoms with Crippen LogP contribution < -0.4 is 4.31 Å². The van der Waals surface area contributed by atoms with Gasteiger partial charge in [-0.15, -0.1) is 0 Å². The van der Waals surface area contributed by atoms with Crippen LogP contribution in [0.25, 0.3) is 0 Å². The molecule has 0 bridgehead atoms. The van der Waals surface area contributed by atoms with Gasteiger partial charge in [0.2, 0.25) is 0 Å². The largest absolute Gasteiger partial charge is 0.517 e. The molecule has 0 saturated carbocycles. The molecule has 0 unspecified atom stereocenters. The van der Waals surface area contributed by atoms with E-state index >= 15 is 0 Å². The number of halogens is 3. The Morgan fingerprint density at radius 2 is 1.64 bits per heavy atom. The molecule has 0 spiro atoms. The summed E-state index contributed by atoms with van der Waals surface area (Å²) in [5, 5.41) is 0. The van der Waals surface area contributed by atoms with E-state index in [1.54, 1.807) is 19.9 Å². The minimum atomic E-state index is -5.60. The van der Waals surface area contributed by atoms with Crippen LogP contribution in [0.5, 0.6) is 0 Å². The molecule has 0 aliphatic rings. The van der Waals surface area contributed by atoms with E-state index < -0.39 is 15.5 Å². The van der Waals surface area contributed by atoms with Crippen molar-refractivity contribution in [1.29, 1.82) is 0 Å². The molecule has 0 aliphatic carbocycles. The Hall–Kier alpha value is -2.09. The van der Waals surface area contributed by atoms with Crippen LogP contribution in [-0.4, -0.2) is 18.9 Å². The van der Waals surface area contributed by atoms with E-state index in [1.807, 2.05) is 0 Å². The second kappa shape index (κ2) is 5.60. The Kier molecular flexibility index (Phi) is 4.15. The molecule has 0 atom stereocenters. The molecule has 118 valence electrons. The highest BCUT2D eigenvalue weighted by Gasteiger charge is 2.51. The first kappa shape index (κ1) is 16.3. The lowest BCUT2D eigenvalue weighted by Gasteiger charge is -2.24. The number of para-hydroxylation sites is 1. The molecule has 0 saturated heterocycles. The van der Waals surface area contributed by atoms with Crippen molar-refractivity contribution < 1.29 is 21.6 Å². The number of rotatable bonds is 3. The molecule has 2 aromatic rings. The molecule has 4 nitrogen and oxygen atoms in total. The van der Waals surface area contributed by atoms with E-state index in [1.165, 1.54) is 36.5 Å². The normalized spacial score (nSPS) is 12.2. The van der Waals surface area contributed by atoms with Crippen molar-refractivity contribution in [3.8, 4) is 0 Å². The SMILES string of the molecule is Cc1cnc(N(c2ccccc2)S(=O)(=O)C(F)(F)F)cc1C. The standard InChI is InChI=1S/C14H13F3N2O2S/c1-10-8-13(18-9-11(10)2)19(12-6-4-3-5-7-12)22(20,21)14(15,16)17/h3-9H,1-2H3. The molecule has 8 heteroatoms. The second-order valence-corrected chi connectivity index (χ2v) is 6.46. The van der Waals surface area contributed by atoms with Crippen molar-refractivity contribution in [1.82, 2.24) is 4.98 Å². The van der Waals surface area contributed by atoms with Gasteiger partial charge in [0.1, 0.15) is 5.82 Å². The summed E-state index contributed by atoms with van der Waals surface area (Å²) >= 11 is 0. The van der Waals surface area contributed by atoms with Gasteiger partial charge in [0.25, 0.3) is 0 Å². The van der Waals surface area contributed by atoms with Crippen LogP contribution in [0, 0.1) is 13.8 Å². The predicted octanol–water partition coefficient (Wildman–Crippen LogP) is 3.69. The van der Waals surface area contributed by atoms with Gasteiger partial charge < -0.3 is 0 Å². The summed E-state index contributed by atoms with van der Waals surface area (Å²) < 4.78 is 63.0. The van der Waals surface area contributed by atoms with Crippen LogP contribution in [0.4, 0.5) is 24.7 Å². The van der Waals surface area contributed by atoms with Gasteiger partial charge in [-0.2, -0.15) is 21.6 Å². The number of aryl methyl sites for hydroxylation is 2. The van der Waals surface area contributed by atoms with E-state index in [0.29, 0.717) is 5.56 Å². The Morgan fingerprint density at radius 3 is 2.14 bits per heavy atom. The summed E-state index contributed by atoms with van der Waals surface area (Å²) in [5.74, 6) is -0.299. The van der Waals surface area contributed by atoms with Gasteiger partial charge in [-0.3, -0.25) is 0 Å². The van der Waals surface area contributed by atoms with Crippen LogP contribution in [-0.2, 0) is 10.0 Å². The highest BCUT2D eigenvalue weighted by molar-refractivity contribution is 7.94. The van der Waals surface area contributed by atoms with Gasteiger partial charge in [-0.1, -0.05) is 18.2 Å². The molecule has 0 amide bonds. The van der Waals surface area contributed by atoms with E-state index in [2.05, 4.69) is 4.98 Å². The summed E-state index contributed by atoms with van der Waals surface area (Å²) in [7, 11) is -5.60.